The monoisotopic (exact) mass is 1530 g/mol. The molecule has 0 radical (unpaired) electrons. The third-order valence-corrected chi connectivity index (χ3v) is 21.3. The molecule has 6 aromatic heterocycles. The number of aliphatic imine (C=N–C) groups is 1. The quantitative estimate of drug-likeness (QED) is 0.0231. The van der Waals surface area contributed by atoms with Crippen LogP contribution in [0.15, 0.2) is 146 Å². The molecule has 2 aliphatic heterocycles. The van der Waals surface area contributed by atoms with Gasteiger partial charge in [-0.15, -0.1) is 0 Å². The summed E-state index contributed by atoms with van der Waals surface area (Å²) in [6.07, 6.45) is 25.7. The van der Waals surface area contributed by atoms with Gasteiger partial charge < -0.3 is 48.9 Å². The number of amides is 1. The standard InChI is InChI=1S/C28H28F2N4OSi.C27H24F2N6.C14H23BN2O4.C12H23NO3S/c1-36(2,3)11-10-35-18-34-17-33-27(28(34)20-4-6-24(29)25(30)14-20)19-5-7-26-22(12-19)13-23(16-32-26)21-8-9-31-15-21;28-21-7-5-17(11-22(21)29)27-26(32-15-33-27)16-6-8-24-18(9-16)10-19(12-31-24)20-13-34-35(14-20)25-4-2-1-3-23(25)30;1-12(2,3)19-11(18)17-9-10(8-16-17)15-20-13(4,5)14(6,7)21-15;1-12(2,3)16-11(14)13-9-6-4-5-7-10(9)15-8-17/h4-8,12-17H,9-11,18H2,1-3H3;5-15,23,25H,1-4,30H2,(H,32,33);8-9H,1-7H3;9-10,17H,4-8H2,1-3H3,(H,13,14)/t;23-,25-;;9-,10?/m.1.1/s1. The molecule has 109 heavy (non-hydrogen) atoms. The molecule has 2 aliphatic carbocycles. The Balaban J connectivity index is 0.000000151. The van der Waals surface area contributed by atoms with Gasteiger partial charge in [-0.3, -0.25) is 19.6 Å². The van der Waals surface area contributed by atoms with Crippen molar-refractivity contribution in [2.75, 3.05) is 19.1 Å². The van der Waals surface area contributed by atoms with Gasteiger partial charge in [0, 0.05) is 113 Å². The molecule has 28 heteroatoms. The van der Waals surface area contributed by atoms with Crippen LogP contribution in [0.2, 0.25) is 25.7 Å². The second-order valence-corrected chi connectivity index (χ2v) is 37.8. The topological polar surface area (TPSA) is 248 Å². The highest BCUT2D eigenvalue weighted by Gasteiger charge is 2.52. The summed E-state index contributed by atoms with van der Waals surface area (Å²) in [6, 6.07) is 25.2. The molecule has 21 nitrogen and oxygen atoms in total. The van der Waals surface area contributed by atoms with E-state index in [0.29, 0.717) is 52.8 Å². The highest BCUT2D eigenvalue weighted by molar-refractivity contribution is 7.80. The Morgan fingerprint density at radius 3 is 1.94 bits per heavy atom. The number of nitrogens with two attached hydrogens (primary N) is 1. The number of carbonyl (C=O) groups excluding carboxylic acids is 2. The SMILES string of the molecule is CC(C)(C)OC(=O)N[C@@H]1CCCCC1OCS.CC(C)(C)OC(=O)n1cc(B2OC(C)(C)C(C)(C)O2)cn1.C[Si](C)(C)CCOCn1cnc(-c2ccc3ncc(C4=CCN=C4)cc3c2)c1-c1ccc(F)c(F)c1.N[C@@H]1CCCC[C@H]1n1cc(-c2cnc3ccc(-c4[nH]cnc4-c4ccc(F)c(F)c4)cc3c2)cn1. The zero-order valence-corrected chi connectivity index (χ0v) is 66.1. The molecule has 1 saturated heterocycles. The van der Waals surface area contributed by atoms with Crippen LogP contribution >= 0.6 is 12.6 Å². The van der Waals surface area contributed by atoms with E-state index in [2.05, 4.69) is 102 Å². The van der Waals surface area contributed by atoms with E-state index >= 15 is 0 Å². The number of halogens is 4. The molecule has 8 heterocycles. The largest absolute Gasteiger partial charge is 0.498 e. The first-order valence-corrected chi connectivity index (χ1v) is 41.3. The lowest BCUT2D eigenvalue weighted by atomic mass is 9.82. The number of rotatable bonds is 16. The van der Waals surface area contributed by atoms with Crippen molar-refractivity contribution in [1.29, 1.82) is 0 Å². The second kappa shape index (κ2) is 34.4. The number of benzene rings is 4. The summed E-state index contributed by atoms with van der Waals surface area (Å²) in [5, 5.41) is 13.4. The third kappa shape index (κ3) is 20.9. The average molecular weight is 1530 g/mol. The first-order chi connectivity index (χ1) is 51.7. The van der Waals surface area contributed by atoms with Crippen molar-refractivity contribution in [2.45, 2.75) is 200 Å². The molecular formula is C81H98BF4N13O8SSi. The van der Waals surface area contributed by atoms with Crippen LogP contribution in [0, 0.1) is 23.3 Å². The summed E-state index contributed by atoms with van der Waals surface area (Å²) >= 11 is 4.06. The lowest BCUT2D eigenvalue weighted by Crippen LogP contribution is -2.47. The van der Waals surface area contributed by atoms with E-state index < -0.39 is 67.0 Å². The first-order valence-electron chi connectivity index (χ1n) is 36.9. The van der Waals surface area contributed by atoms with E-state index in [1.54, 1.807) is 31.1 Å². The molecule has 10 aromatic rings. The predicted molar refractivity (Wildman–Crippen MR) is 425 cm³/mol. The number of aromatic amines is 1. The Bertz CT molecular complexity index is 4890. The third-order valence-electron chi connectivity index (χ3n) is 19.5. The van der Waals surface area contributed by atoms with E-state index in [4.69, 9.17) is 34.0 Å². The molecule has 1 amide bonds. The van der Waals surface area contributed by atoms with Crippen molar-refractivity contribution in [1.82, 2.24) is 54.4 Å². The van der Waals surface area contributed by atoms with Crippen molar-refractivity contribution in [3.8, 4) is 56.2 Å². The number of hydrogen-bond acceptors (Lipinski definition) is 17. The Kier molecular flexibility index (Phi) is 25.5. The van der Waals surface area contributed by atoms with Gasteiger partial charge in [0.1, 0.15) is 17.9 Å². The molecule has 576 valence electrons. The van der Waals surface area contributed by atoms with Crippen LogP contribution in [-0.4, -0.2) is 142 Å². The van der Waals surface area contributed by atoms with Crippen molar-refractivity contribution >= 4 is 79.1 Å². The number of thiol groups is 1. The maximum Gasteiger partial charge on any atom is 0.498 e. The van der Waals surface area contributed by atoms with Crippen LogP contribution in [0.1, 0.15) is 132 Å². The Morgan fingerprint density at radius 2 is 1.28 bits per heavy atom. The Hall–Kier alpha value is -9.16. The number of hydrogen-bond donors (Lipinski definition) is 4. The van der Waals surface area contributed by atoms with Crippen LogP contribution in [0.5, 0.6) is 0 Å². The van der Waals surface area contributed by atoms with Crippen molar-refractivity contribution in [3.63, 3.8) is 0 Å². The lowest BCUT2D eigenvalue weighted by Gasteiger charge is -2.32. The molecule has 0 bridgehead atoms. The predicted octanol–water partition coefficient (Wildman–Crippen LogP) is 17.4. The molecule has 4 aliphatic rings. The van der Waals surface area contributed by atoms with Gasteiger partial charge in [-0.25, -0.2) is 37.1 Å². The highest BCUT2D eigenvalue weighted by Crippen LogP contribution is 2.39. The summed E-state index contributed by atoms with van der Waals surface area (Å²) in [6.45, 7) is 27.4. The van der Waals surface area contributed by atoms with Crippen LogP contribution in [0.4, 0.5) is 27.2 Å². The van der Waals surface area contributed by atoms with Gasteiger partial charge in [-0.1, -0.05) is 63.5 Å². The Labute approximate surface area is 640 Å². The molecule has 2 saturated carbocycles. The van der Waals surface area contributed by atoms with E-state index in [9.17, 15) is 27.2 Å². The number of allylic oxidation sites excluding steroid dienone is 1. The molecule has 4 N–H and O–H groups in total. The van der Waals surface area contributed by atoms with Crippen LogP contribution < -0.4 is 16.5 Å². The maximum atomic E-state index is 14.2. The van der Waals surface area contributed by atoms with Crippen LogP contribution in [0.3, 0.4) is 0 Å². The van der Waals surface area contributed by atoms with Gasteiger partial charge in [0.15, 0.2) is 23.3 Å². The number of carbonyl (C=O) groups is 2. The van der Waals surface area contributed by atoms with Gasteiger partial charge in [0.05, 0.1) is 94.5 Å². The zero-order chi connectivity index (χ0) is 78.2. The maximum absolute atomic E-state index is 14.2. The van der Waals surface area contributed by atoms with E-state index in [1.165, 1.54) is 25.0 Å². The number of H-pyrrole nitrogens is 1. The van der Waals surface area contributed by atoms with Crippen LogP contribution in [-0.2, 0) is 35.0 Å². The zero-order valence-electron chi connectivity index (χ0n) is 64.2. The van der Waals surface area contributed by atoms with E-state index in [-0.39, 0.29) is 37.1 Å². The number of alkyl carbamates (subject to hydrolysis) is 1. The van der Waals surface area contributed by atoms with Gasteiger partial charge in [-0.05, 0) is 179 Å². The smallest absolute Gasteiger partial charge is 0.444 e. The molecule has 3 fully saturated rings. The normalized spacial score (nSPS) is 18.3. The van der Waals surface area contributed by atoms with Crippen molar-refractivity contribution in [2.24, 2.45) is 10.7 Å². The number of imidazole rings is 2. The molecular weight excluding hydrogens is 1430 g/mol. The summed E-state index contributed by atoms with van der Waals surface area (Å²) in [5.74, 6) is -3.18. The molecule has 1 unspecified atom stereocenters. The van der Waals surface area contributed by atoms with Crippen molar-refractivity contribution in [3.05, 3.63) is 170 Å². The molecule has 4 atom stereocenters. The van der Waals surface area contributed by atoms with E-state index in [0.717, 1.165) is 128 Å². The van der Waals surface area contributed by atoms with Gasteiger partial charge in [0.25, 0.3) is 0 Å². The van der Waals surface area contributed by atoms with E-state index in [1.807, 2.05) is 140 Å². The molecule has 0 spiro atoms. The molecule has 14 rings (SSSR count). The lowest BCUT2D eigenvalue weighted by molar-refractivity contribution is 0.00578. The van der Waals surface area contributed by atoms with Crippen LogP contribution in [0.25, 0.3) is 83.5 Å². The summed E-state index contributed by atoms with van der Waals surface area (Å²) in [5.41, 5.74) is 16.3. The summed E-state index contributed by atoms with van der Waals surface area (Å²) in [4.78, 5) is 49.3. The first kappa shape index (κ1) is 80.8. The fourth-order valence-corrected chi connectivity index (χ4v) is 13.9. The number of pyridine rings is 2. The summed E-state index contributed by atoms with van der Waals surface area (Å²) < 4.78 is 94.0. The van der Waals surface area contributed by atoms with Gasteiger partial charge in [0.2, 0.25) is 0 Å². The fraction of sp³-hybridized carbons (Fsp3) is 0.420. The second-order valence-electron chi connectivity index (χ2n) is 31.9. The highest BCUT2D eigenvalue weighted by atomic mass is 32.1. The Morgan fingerprint density at radius 1 is 0.679 bits per heavy atom. The van der Waals surface area contributed by atoms with Gasteiger partial charge >= 0.3 is 19.3 Å². The average Bonchev–Trinajstić information content (AvgIpc) is 1.67. The number of nitrogens with zero attached hydrogens (tertiary/aromatic N) is 10. The summed E-state index contributed by atoms with van der Waals surface area (Å²) in [7, 11) is -1.77. The minimum atomic E-state index is -1.23. The van der Waals surface area contributed by atoms with Crippen molar-refractivity contribution < 1.29 is 55.4 Å². The molecule has 4 aromatic carbocycles. The minimum Gasteiger partial charge on any atom is -0.444 e. The number of ether oxygens (including phenoxy) is 4. The fourth-order valence-electron chi connectivity index (χ4n) is 13.0. The number of fused-ring (bicyclic) bond motifs is 2. The number of aromatic nitrogens is 10. The van der Waals surface area contributed by atoms with Gasteiger partial charge in [-0.2, -0.15) is 27.5 Å². The minimum absolute atomic E-state index is 0.0470. The number of nitrogens with one attached hydrogen (secondary N) is 2.